The predicted molar refractivity (Wildman–Crippen MR) is 77.3 cm³/mol. The zero-order chi connectivity index (χ0) is 13.9. The Morgan fingerprint density at radius 1 is 1.32 bits per heavy atom. The molecule has 0 spiro atoms. The van der Waals surface area contributed by atoms with Crippen LogP contribution in [-0.2, 0) is 4.74 Å². The Labute approximate surface area is 116 Å². The lowest BCUT2D eigenvalue weighted by Crippen LogP contribution is -2.45. The minimum atomic E-state index is -0.607. The molecule has 1 atom stereocenters. The van der Waals surface area contributed by atoms with Crippen LogP contribution < -0.4 is 5.32 Å². The Bertz CT molecular complexity index is 425. The quantitative estimate of drug-likeness (QED) is 0.877. The lowest BCUT2D eigenvalue weighted by atomic mass is 9.93. The Morgan fingerprint density at radius 2 is 2.00 bits per heavy atom. The summed E-state index contributed by atoms with van der Waals surface area (Å²) in [6.07, 6.45) is 1.44. The molecule has 1 aliphatic heterocycles. The van der Waals surface area contributed by atoms with E-state index < -0.39 is 5.60 Å². The summed E-state index contributed by atoms with van der Waals surface area (Å²) >= 11 is 0. The number of aryl methyl sites for hydroxylation is 1. The van der Waals surface area contributed by atoms with Crippen LogP contribution >= 0.6 is 0 Å². The average Bonchev–Trinajstić information content (AvgIpc) is 2.40. The van der Waals surface area contributed by atoms with Crippen molar-refractivity contribution < 1.29 is 9.84 Å². The third kappa shape index (κ3) is 3.56. The van der Waals surface area contributed by atoms with E-state index in [4.69, 9.17) is 4.74 Å². The molecule has 0 aliphatic carbocycles. The summed E-state index contributed by atoms with van der Waals surface area (Å²) in [6, 6.07) is 6.65. The van der Waals surface area contributed by atoms with Crippen molar-refractivity contribution in [3.63, 3.8) is 0 Å². The van der Waals surface area contributed by atoms with Crippen molar-refractivity contribution in [3.05, 3.63) is 34.9 Å². The predicted octanol–water partition coefficient (Wildman–Crippen LogP) is 2.50. The molecule has 0 radical (unpaired) electrons. The van der Waals surface area contributed by atoms with Crippen LogP contribution in [0.25, 0.3) is 0 Å². The molecule has 2 rings (SSSR count). The molecule has 0 saturated carbocycles. The van der Waals surface area contributed by atoms with Gasteiger partial charge < -0.3 is 15.2 Å². The molecule has 1 saturated heterocycles. The molecule has 1 aromatic carbocycles. The Hall–Kier alpha value is -0.900. The largest absolute Gasteiger partial charge is 0.388 e. The van der Waals surface area contributed by atoms with Gasteiger partial charge in [0.2, 0.25) is 0 Å². The normalized spacial score (nSPS) is 20.2. The van der Waals surface area contributed by atoms with Crippen molar-refractivity contribution in [1.82, 2.24) is 5.32 Å². The van der Waals surface area contributed by atoms with E-state index in [0.29, 0.717) is 19.8 Å². The minimum absolute atomic E-state index is 0.256. The van der Waals surface area contributed by atoms with E-state index in [1.165, 1.54) is 16.7 Å². The number of hydrogen-bond donors (Lipinski definition) is 2. The SMILES string of the molecule is Cc1cccc(C(C)NCC2(O)CCOCC2)c1C. The van der Waals surface area contributed by atoms with Crippen LogP contribution in [0.4, 0.5) is 0 Å². The Balaban J connectivity index is 1.97. The second-order valence-corrected chi connectivity index (χ2v) is 5.73. The second kappa shape index (κ2) is 6.04. The van der Waals surface area contributed by atoms with Gasteiger partial charge in [-0.2, -0.15) is 0 Å². The summed E-state index contributed by atoms with van der Waals surface area (Å²) in [5.74, 6) is 0. The number of ether oxygens (including phenoxy) is 1. The summed E-state index contributed by atoms with van der Waals surface area (Å²) in [6.45, 7) is 8.41. The zero-order valence-electron chi connectivity index (χ0n) is 12.2. The highest BCUT2D eigenvalue weighted by Crippen LogP contribution is 2.23. The van der Waals surface area contributed by atoms with E-state index in [1.54, 1.807) is 0 Å². The molecule has 3 heteroatoms. The van der Waals surface area contributed by atoms with E-state index in [2.05, 4.69) is 44.3 Å². The number of hydrogen-bond acceptors (Lipinski definition) is 3. The van der Waals surface area contributed by atoms with Gasteiger partial charge in [-0.15, -0.1) is 0 Å². The van der Waals surface area contributed by atoms with E-state index in [1.807, 2.05) is 0 Å². The van der Waals surface area contributed by atoms with Gasteiger partial charge in [0, 0.05) is 38.6 Å². The Morgan fingerprint density at radius 3 is 2.68 bits per heavy atom. The number of rotatable bonds is 4. The van der Waals surface area contributed by atoms with Gasteiger partial charge in [-0.05, 0) is 37.5 Å². The molecule has 1 heterocycles. The molecule has 1 fully saturated rings. The first-order valence-corrected chi connectivity index (χ1v) is 7.11. The number of benzene rings is 1. The van der Waals surface area contributed by atoms with Gasteiger partial charge in [-0.1, -0.05) is 18.2 Å². The lowest BCUT2D eigenvalue weighted by molar-refractivity contribution is -0.0626. The molecule has 19 heavy (non-hydrogen) atoms. The van der Waals surface area contributed by atoms with Crippen molar-refractivity contribution in [3.8, 4) is 0 Å². The molecular formula is C16H25NO2. The molecule has 0 aromatic heterocycles. The van der Waals surface area contributed by atoms with Crippen LogP contribution in [0.1, 0.15) is 42.5 Å². The van der Waals surface area contributed by atoms with Crippen molar-refractivity contribution in [1.29, 1.82) is 0 Å². The summed E-state index contributed by atoms with van der Waals surface area (Å²) in [5, 5.41) is 13.9. The summed E-state index contributed by atoms with van der Waals surface area (Å²) in [5.41, 5.74) is 3.36. The highest BCUT2D eigenvalue weighted by Gasteiger charge is 2.29. The highest BCUT2D eigenvalue weighted by atomic mass is 16.5. The van der Waals surface area contributed by atoms with Crippen molar-refractivity contribution in [2.75, 3.05) is 19.8 Å². The molecule has 1 aliphatic rings. The van der Waals surface area contributed by atoms with Gasteiger partial charge in [0.25, 0.3) is 0 Å². The van der Waals surface area contributed by atoms with Gasteiger partial charge in [-0.25, -0.2) is 0 Å². The third-order valence-electron chi connectivity index (χ3n) is 4.27. The van der Waals surface area contributed by atoms with Gasteiger partial charge in [0.15, 0.2) is 0 Å². The van der Waals surface area contributed by atoms with Crippen LogP contribution in [0.15, 0.2) is 18.2 Å². The third-order valence-corrected chi connectivity index (χ3v) is 4.27. The topological polar surface area (TPSA) is 41.5 Å². The zero-order valence-corrected chi connectivity index (χ0v) is 12.2. The van der Waals surface area contributed by atoms with Crippen LogP contribution in [0.5, 0.6) is 0 Å². The van der Waals surface area contributed by atoms with Crippen LogP contribution in [0.3, 0.4) is 0 Å². The first kappa shape index (κ1) is 14.5. The van der Waals surface area contributed by atoms with Crippen LogP contribution in [0, 0.1) is 13.8 Å². The summed E-state index contributed by atoms with van der Waals surface area (Å²) < 4.78 is 5.30. The maximum atomic E-state index is 10.4. The van der Waals surface area contributed by atoms with Gasteiger partial charge in [0.1, 0.15) is 0 Å². The molecule has 1 unspecified atom stereocenters. The second-order valence-electron chi connectivity index (χ2n) is 5.73. The molecule has 106 valence electrons. The maximum Gasteiger partial charge on any atom is 0.0815 e. The lowest BCUT2D eigenvalue weighted by Gasteiger charge is -2.33. The monoisotopic (exact) mass is 263 g/mol. The average molecular weight is 263 g/mol. The van der Waals surface area contributed by atoms with Crippen molar-refractivity contribution in [2.24, 2.45) is 0 Å². The standard InChI is InChI=1S/C16H25NO2/c1-12-5-4-6-15(13(12)2)14(3)17-11-16(18)7-9-19-10-8-16/h4-6,14,17-18H,7-11H2,1-3H3. The highest BCUT2D eigenvalue weighted by molar-refractivity contribution is 5.35. The Kier molecular flexibility index (Phi) is 4.61. The molecule has 2 N–H and O–H groups in total. The van der Waals surface area contributed by atoms with Crippen molar-refractivity contribution >= 4 is 0 Å². The summed E-state index contributed by atoms with van der Waals surface area (Å²) in [7, 11) is 0. The van der Waals surface area contributed by atoms with E-state index >= 15 is 0 Å². The fourth-order valence-electron chi connectivity index (χ4n) is 2.62. The van der Waals surface area contributed by atoms with E-state index in [-0.39, 0.29) is 6.04 Å². The maximum absolute atomic E-state index is 10.4. The fraction of sp³-hybridized carbons (Fsp3) is 0.625. The van der Waals surface area contributed by atoms with Gasteiger partial charge in [-0.3, -0.25) is 0 Å². The molecular weight excluding hydrogens is 238 g/mol. The fourth-order valence-corrected chi connectivity index (χ4v) is 2.62. The van der Waals surface area contributed by atoms with E-state index in [9.17, 15) is 5.11 Å². The summed E-state index contributed by atoms with van der Waals surface area (Å²) in [4.78, 5) is 0. The van der Waals surface area contributed by atoms with Crippen molar-refractivity contribution in [2.45, 2.75) is 45.3 Å². The molecule has 3 nitrogen and oxygen atoms in total. The van der Waals surface area contributed by atoms with E-state index in [0.717, 1.165) is 12.8 Å². The first-order chi connectivity index (χ1) is 9.02. The molecule has 0 bridgehead atoms. The smallest absolute Gasteiger partial charge is 0.0815 e. The molecule has 0 amide bonds. The number of aliphatic hydroxyl groups is 1. The van der Waals surface area contributed by atoms with Gasteiger partial charge in [0.05, 0.1) is 5.60 Å². The molecule has 1 aromatic rings. The minimum Gasteiger partial charge on any atom is -0.388 e. The van der Waals surface area contributed by atoms with Crippen LogP contribution in [0.2, 0.25) is 0 Å². The van der Waals surface area contributed by atoms with Gasteiger partial charge >= 0.3 is 0 Å². The first-order valence-electron chi connectivity index (χ1n) is 7.11. The van der Waals surface area contributed by atoms with Crippen LogP contribution in [-0.4, -0.2) is 30.5 Å². The number of nitrogens with one attached hydrogen (secondary N) is 1.